The SMILES string of the molecule is COc1cc(C(=S)N2CCN(Cc3ccccc3)CC2)cc(Cl)c1OCC(=O)Nc1ccccc1F. The average Bonchev–Trinajstić information content (AvgIpc) is 2.89. The fourth-order valence-electron chi connectivity index (χ4n) is 4.00. The van der Waals surface area contributed by atoms with Crippen molar-refractivity contribution in [1.82, 2.24) is 9.80 Å². The van der Waals surface area contributed by atoms with Crippen LogP contribution in [0.5, 0.6) is 11.5 Å². The van der Waals surface area contributed by atoms with Gasteiger partial charge < -0.3 is 19.7 Å². The van der Waals surface area contributed by atoms with E-state index in [2.05, 4.69) is 39.4 Å². The van der Waals surface area contributed by atoms with E-state index in [-0.39, 0.29) is 23.1 Å². The number of hydrogen-bond acceptors (Lipinski definition) is 5. The highest BCUT2D eigenvalue weighted by Crippen LogP contribution is 2.37. The maximum Gasteiger partial charge on any atom is 0.262 e. The lowest BCUT2D eigenvalue weighted by Gasteiger charge is -2.36. The Bertz CT molecular complexity index is 1220. The van der Waals surface area contributed by atoms with Crippen LogP contribution in [-0.4, -0.2) is 60.6 Å². The minimum Gasteiger partial charge on any atom is -0.493 e. The summed E-state index contributed by atoms with van der Waals surface area (Å²) in [7, 11) is 1.49. The van der Waals surface area contributed by atoms with Crippen molar-refractivity contribution >= 4 is 40.4 Å². The van der Waals surface area contributed by atoms with Crippen molar-refractivity contribution in [3.63, 3.8) is 0 Å². The molecule has 1 amide bonds. The molecule has 3 aromatic carbocycles. The van der Waals surface area contributed by atoms with E-state index in [1.807, 2.05) is 6.07 Å². The third kappa shape index (κ3) is 6.51. The third-order valence-corrected chi connectivity index (χ3v) is 6.66. The van der Waals surface area contributed by atoms with Gasteiger partial charge in [0, 0.05) is 38.3 Å². The first-order valence-corrected chi connectivity index (χ1v) is 12.3. The molecule has 0 aromatic heterocycles. The molecule has 4 rings (SSSR count). The zero-order valence-electron chi connectivity index (χ0n) is 19.9. The summed E-state index contributed by atoms with van der Waals surface area (Å²) in [5.74, 6) is -0.463. The van der Waals surface area contributed by atoms with E-state index in [1.54, 1.807) is 24.3 Å². The van der Waals surface area contributed by atoms with Crippen LogP contribution in [0.1, 0.15) is 11.1 Å². The van der Waals surface area contributed by atoms with E-state index in [1.165, 1.54) is 24.8 Å². The van der Waals surface area contributed by atoms with Crippen molar-refractivity contribution in [1.29, 1.82) is 0 Å². The summed E-state index contributed by atoms with van der Waals surface area (Å²) in [6, 6.07) is 19.8. The van der Waals surface area contributed by atoms with Crippen LogP contribution in [0.3, 0.4) is 0 Å². The highest BCUT2D eigenvalue weighted by atomic mass is 35.5. The molecule has 1 N–H and O–H groups in total. The van der Waals surface area contributed by atoms with Gasteiger partial charge in [-0.1, -0.05) is 66.3 Å². The second-order valence-electron chi connectivity index (χ2n) is 8.36. The minimum absolute atomic E-state index is 0.0775. The van der Waals surface area contributed by atoms with Gasteiger partial charge in [-0.05, 0) is 29.8 Å². The lowest BCUT2D eigenvalue weighted by molar-refractivity contribution is -0.118. The van der Waals surface area contributed by atoms with Gasteiger partial charge in [0.2, 0.25) is 0 Å². The van der Waals surface area contributed by atoms with Gasteiger partial charge in [-0.25, -0.2) is 4.39 Å². The molecule has 0 aliphatic carbocycles. The Labute approximate surface area is 220 Å². The Hall–Kier alpha value is -3.20. The molecule has 36 heavy (non-hydrogen) atoms. The summed E-state index contributed by atoms with van der Waals surface area (Å²) in [4.78, 5) is 17.5. The van der Waals surface area contributed by atoms with Gasteiger partial charge in [-0.15, -0.1) is 0 Å². The van der Waals surface area contributed by atoms with Crippen molar-refractivity contribution in [3.8, 4) is 11.5 Å². The van der Waals surface area contributed by atoms with Crippen LogP contribution >= 0.6 is 23.8 Å². The van der Waals surface area contributed by atoms with Crippen LogP contribution in [0.25, 0.3) is 0 Å². The molecule has 1 heterocycles. The molecule has 1 aliphatic rings. The third-order valence-electron chi connectivity index (χ3n) is 5.88. The molecular formula is C27H27ClFN3O3S. The molecular weight excluding hydrogens is 501 g/mol. The maximum atomic E-state index is 13.8. The second kappa shape index (κ2) is 12.2. The second-order valence-corrected chi connectivity index (χ2v) is 9.15. The van der Waals surface area contributed by atoms with Crippen molar-refractivity contribution in [2.45, 2.75) is 6.54 Å². The Morgan fingerprint density at radius 3 is 2.44 bits per heavy atom. The first kappa shape index (κ1) is 25.9. The Morgan fingerprint density at radius 2 is 1.75 bits per heavy atom. The molecule has 0 radical (unpaired) electrons. The highest BCUT2D eigenvalue weighted by molar-refractivity contribution is 7.80. The molecule has 0 spiro atoms. The van der Waals surface area contributed by atoms with E-state index in [0.717, 1.165) is 38.3 Å². The minimum atomic E-state index is -0.528. The summed E-state index contributed by atoms with van der Waals surface area (Å²) in [6.07, 6.45) is 0. The predicted octanol–water partition coefficient (Wildman–Crippen LogP) is 5.00. The first-order valence-electron chi connectivity index (χ1n) is 11.5. The van der Waals surface area contributed by atoms with Crippen LogP contribution in [0.4, 0.5) is 10.1 Å². The topological polar surface area (TPSA) is 54.0 Å². The first-order chi connectivity index (χ1) is 17.4. The predicted molar refractivity (Wildman–Crippen MR) is 144 cm³/mol. The van der Waals surface area contributed by atoms with Crippen molar-refractivity contribution < 1.29 is 18.7 Å². The molecule has 6 nitrogen and oxygen atoms in total. The number of nitrogens with one attached hydrogen (secondary N) is 1. The fraction of sp³-hybridized carbons (Fsp3) is 0.259. The van der Waals surface area contributed by atoms with Crippen LogP contribution in [0, 0.1) is 5.82 Å². The number of para-hydroxylation sites is 1. The van der Waals surface area contributed by atoms with E-state index in [0.29, 0.717) is 10.7 Å². The standard InChI is InChI=1S/C27H27ClFN3O3S/c1-34-24-16-20(27(36)32-13-11-31(12-14-32)17-19-7-3-2-4-8-19)15-21(28)26(24)35-18-25(33)30-23-10-6-5-9-22(23)29/h2-10,15-16H,11-14,17-18H2,1H3,(H,30,33). The number of thiocarbonyl (C=S) groups is 1. The quantitative estimate of drug-likeness (QED) is 0.416. The monoisotopic (exact) mass is 527 g/mol. The van der Waals surface area contributed by atoms with E-state index < -0.39 is 11.7 Å². The number of carbonyl (C=O) groups excluding carboxylic acids is 1. The molecule has 1 fully saturated rings. The van der Waals surface area contributed by atoms with Crippen LogP contribution in [0.15, 0.2) is 66.7 Å². The summed E-state index contributed by atoms with van der Waals surface area (Å²) in [5, 5.41) is 2.75. The molecule has 0 saturated carbocycles. The molecule has 0 unspecified atom stereocenters. The van der Waals surface area contributed by atoms with E-state index in [4.69, 9.17) is 33.3 Å². The number of benzene rings is 3. The largest absolute Gasteiger partial charge is 0.493 e. The van der Waals surface area contributed by atoms with Gasteiger partial charge in [-0.2, -0.15) is 0 Å². The average molecular weight is 528 g/mol. The Morgan fingerprint density at radius 1 is 1.06 bits per heavy atom. The highest BCUT2D eigenvalue weighted by Gasteiger charge is 2.22. The number of methoxy groups -OCH3 is 1. The molecule has 1 aliphatic heterocycles. The maximum absolute atomic E-state index is 13.8. The molecule has 188 valence electrons. The number of nitrogens with zero attached hydrogens (tertiary/aromatic N) is 2. The van der Waals surface area contributed by atoms with Crippen molar-refractivity contribution in [2.24, 2.45) is 0 Å². The van der Waals surface area contributed by atoms with Gasteiger partial charge in [0.05, 0.1) is 17.8 Å². The van der Waals surface area contributed by atoms with E-state index in [9.17, 15) is 9.18 Å². The van der Waals surface area contributed by atoms with Gasteiger partial charge >= 0.3 is 0 Å². The molecule has 9 heteroatoms. The van der Waals surface area contributed by atoms with Crippen LogP contribution in [-0.2, 0) is 11.3 Å². The molecule has 1 saturated heterocycles. The summed E-state index contributed by atoms with van der Waals surface area (Å²) >= 11 is 12.3. The Kier molecular flexibility index (Phi) is 8.74. The number of piperazine rings is 1. The smallest absolute Gasteiger partial charge is 0.262 e. The van der Waals surface area contributed by atoms with Gasteiger partial charge in [0.1, 0.15) is 10.8 Å². The van der Waals surface area contributed by atoms with Crippen molar-refractivity contribution in [2.75, 3.05) is 45.2 Å². The molecule has 0 bridgehead atoms. The number of rotatable bonds is 8. The summed E-state index contributed by atoms with van der Waals surface area (Å²) in [5.41, 5.74) is 2.11. The number of ether oxygens (including phenoxy) is 2. The molecule has 0 atom stereocenters. The van der Waals surface area contributed by atoms with Gasteiger partial charge in [0.15, 0.2) is 18.1 Å². The lowest BCUT2D eigenvalue weighted by Crippen LogP contribution is -2.48. The normalized spacial score (nSPS) is 13.8. The van der Waals surface area contributed by atoms with E-state index >= 15 is 0 Å². The van der Waals surface area contributed by atoms with Crippen LogP contribution in [0.2, 0.25) is 5.02 Å². The number of amides is 1. The van der Waals surface area contributed by atoms with Gasteiger partial charge in [-0.3, -0.25) is 9.69 Å². The lowest BCUT2D eigenvalue weighted by atomic mass is 10.1. The van der Waals surface area contributed by atoms with Crippen molar-refractivity contribution in [3.05, 3.63) is 88.7 Å². The number of carbonyl (C=O) groups is 1. The number of anilines is 1. The zero-order chi connectivity index (χ0) is 25.5. The number of halogens is 2. The fourth-order valence-corrected chi connectivity index (χ4v) is 4.57. The van der Waals surface area contributed by atoms with Crippen LogP contribution < -0.4 is 14.8 Å². The zero-order valence-corrected chi connectivity index (χ0v) is 21.4. The summed E-state index contributed by atoms with van der Waals surface area (Å²) in [6.45, 7) is 3.96. The summed E-state index contributed by atoms with van der Waals surface area (Å²) < 4.78 is 24.9. The Balaban J connectivity index is 1.36. The molecule has 3 aromatic rings. The number of hydrogen-bond donors (Lipinski definition) is 1. The van der Waals surface area contributed by atoms with Gasteiger partial charge in [0.25, 0.3) is 5.91 Å².